The van der Waals surface area contributed by atoms with Gasteiger partial charge < -0.3 is 15.1 Å². The summed E-state index contributed by atoms with van der Waals surface area (Å²) < 4.78 is 0. The van der Waals surface area contributed by atoms with Crippen LogP contribution >= 0.6 is 11.6 Å². The number of likely N-dealkylation sites (tertiary alicyclic amines) is 1. The van der Waals surface area contributed by atoms with Gasteiger partial charge in [0.05, 0.1) is 6.54 Å². The van der Waals surface area contributed by atoms with Gasteiger partial charge in [0.1, 0.15) is 0 Å². The van der Waals surface area contributed by atoms with Crippen LogP contribution in [0.4, 0.5) is 5.69 Å². The Kier molecular flexibility index (Phi) is 5.98. The monoisotopic (exact) mass is 350 g/mol. The van der Waals surface area contributed by atoms with Crippen molar-refractivity contribution in [3.8, 4) is 0 Å². The van der Waals surface area contributed by atoms with Crippen LogP contribution in [0.5, 0.6) is 0 Å². The predicted molar refractivity (Wildman–Crippen MR) is 98.8 cm³/mol. The smallest absolute Gasteiger partial charge is 0.236 e. The van der Waals surface area contributed by atoms with Gasteiger partial charge in [-0.1, -0.05) is 17.7 Å². The van der Waals surface area contributed by atoms with E-state index in [4.69, 9.17) is 11.6 Å². The summed E-state index contributed by atoms with van der Waals surface area (Å²) >= 11 is 6.11. The van der Waals surface area contributed by atoms with Crippen LogP contribution in [0.3, 0.4) is 0 Å². The lowest BCUT2D eigenvalue weighted by Gasteiger charge is -2.44. The number of carbonyl (C=O) groups excluding carboxylic acids is 1. The molecule has 5 nitrogen and oxygen atoms in total. The molecule has 2 aliphatic rings. The SMILES string of the molecule is CNCC(=O)N1CCC[C@H](N2CCN(c3cccc(Cl)c3)CC2)C1. The molecule has 1 N–H and O–H groups in total. The van der Waals surface area contributed by atoms with E-state index in [-0.39, 0.29) is 5.91 Å². The van der Waals surface area contributed by atoms with E-state index in [1.807, 2.05) is 30.1 Å². The standard InChI is InChI=1S/C18H27ClN4O/c1-20-13-18(24)23-7-3-6-17(14-23)22-10-8-21(9-11-22)16-5-2-4-15(19)12-16/h2,4-5,12,17,20H,3,6-11,13-14H2,1H3/t17-/m0/s1. The number of likely N-dealkylation sites (N-methyl/N-ethyl adjacent to an activating group) is 1. The molecule has 1 atom stereocenters. The maximum Gasteiger partial charge on any atom is 0.236 e. The van der Waals surface area contributed by atoms with Gasteiger partial charge in [0, 0.05) is 56.0 Å². The maximum absolute atomic E-state index is 12.1. The summed E-state index contributed by atoms with van der Waals surface area (Å²) in [5.41, 5.74) is 1.21. The van der Waals surface area contributed by atoms with Gasteiger partial charge in [0.15, 0.2) is 0 Å². The molecule has 0 saturated carbocycles. The van der Waals surface area contributed by atoms with Gasteiger partial charge in [-0.2, -0.15) is 0 Å². The maximum atomic E-state index is 12.1. The van der Waals surface area contributed by atoms with Gasteiger partial charge in [-0.25, -0.2) is 0 Å². The second-order valence-corrected chi connectivity index (χ2v) is 7.11. The molecule has 0 unspecified atom stereocenters. The van der Waals surface area contributed by atoms with E-state index >= 15 is 0 Å². The number of nitrogens with one attached hydrogen (secondary N) is 1. The normalized spacial score (nSPS) is 22.7. The number of amides is 1. The summed E-state index contributed by atoms with van der Waals surface area (Å²) in [4.78, 5) is 19.1. The summed E-state index contributed by atoms with van der Waals surface area (Å²) in [6.45, 7) is 6.34. The summed E-state index contributed by atoms with van der Waals surface area (Å²) in [5, 5.41) is 3.76. The topological polar surface area (TPSA) is 38.8 Å². The van der Waals surface area contributed by atoms with Crippen LogP contribution in [-0.2, 0) is 4.79 Å². The van der Waals surface area contributed by atoms with E-state index in [0.717, 1.165) is 50.7 Å². The Balaban J connectivity index is 1.53. The largest absolute Gasteiger partial charge is 0.369 e. The fourth-order valence-electron chi connectivity index (χ4n) is 3.76. The van der Waals surface area contributed by atoms with Crippen LogP contribution < -0.4 is 10.2 Å². The number of halogens is 1. The Hall–Kier alpha value is -1.30. The lowest BCUT2D eigenvalue weighted by atomic mass is 10.0. The highest BCUT2D eigenvalue weighted by Crippen LogP contribution is 2.23. The van der Waals surface area contributed by atoms with Gasteiger partial charge in [-0.3, -0.25) is 9.69 Å². The van der Waals surface area contributed by atoms with Crippen LogP contribution in [0.2, 0.25) is 5.02 Å². The Morgan fingerprint density at radius 2 is 2.04 bits per heavy atom. The van der Waals surface area contributed by atoms with E-state index in [1.165, 1.54) is 12.1 Å². The molecule has 0 bridgehead atoms. The van der Waals surface area contributed by atoms with Crippen molar-refractivity contribution in [3.05, 3.63) is 29.3 Å². The van der Waals surface area contributed by atoms with Crippen molar-refractivity contribution in [2.75, 3.05) is 57.8 Å². The van der Waals surface area contributed by atoms with Crippen LogP contribution in [0.25, 0.3) is 0 Å². The van der Waals surface area contributed by atoms with Gasteiger partial charge >= 0.3 is 0 Å². The molecule has 1 aromatic rings. The summed E-state index contributed by atoms with van der Waals surface area (Å²) in [6, 6.07) is 8.59. The average molecular weight is 351 g/mol. The van der Waals surface area contributed by atoms with Crippen LogP contribution in [0.1, 0.15) is 12.8 Å². The molecule has 1 aromatic carbocycles. The third kappa shape index (κ3) is 4.21. The molecule has 0 radical (unpaired) electrons. The predicted octanol–water partition coefficient (Wildman–Crippen LogP) is 1.67. The van der Waals surface area contributed by atoms with E-state index in [0.29, 0.717) is 12.6 Å². The molecule has 0 spiro atoms. The Labute approximate surface area is 149 Å². The molecule has 1 amide bonds. The van der Waals surface area contributed by atoms with Crippen molar-refractivity contribution in [1.29, 1.82) is 0 Å². The van der Waals surface area contributed by atoms with E-state index in [9.17, 15) is 4.79 Å². The van der Waals surface area contributed by atoms with Crippen molar-refractivity contribution in [1.82, 2.24) is 15.1 Å². The first-order valence-corrected chi connectivity index (χ1v) is 9.22. The average Bonchev–Trinajstić information content (AvgIpc) is 2.62. The quantitative estimate of drug-likeness (QED) is 0.896. The zero-order valence-corrected chi connectivity index (χ0v) is 15.1. The summed E-state index contributed by atoms with van der Waals surface area (Å²) in [6.07, 6.45) is 2.30. The number of nitrogens with zero attached hydrogens (tertiary/aromatic N) is 3. The van der Waals surface area contributed by atoms with Crippen LogP contribution in [-0.4, -0.2) is 74.6 Å². The molecular formula is C18H27ClN4O. The molecule has 2 fully saturated rings. The first-order chi connectivity index (χ1) is 11.7. The molecule has 0 aliphatic carbocycles. The van der Waals surface area contributed by atoms with Crippen molar-refractivity contribution < 1.29 is 4.79 Å². The molecule has 6 heteroatoms. The van der Waals surface area contributed by atoms with Crippen LogP contribution in [0, 0.1) is 0 Å². The lowest BCUT2D eigenvalue weighted by molar-refractivity contribution is -0.132. The van der Waals surface area contributed by atoms with Crippen molar-refractivity contribution >= 4 is 23.2 Å². The highest BCUT2D eigenvalue weighted by Gasteiger charge is 2.29. The number of anilines is 1. The number of benzene rings is 1. The fraction of sp³-hybridized carbons (Fsp3) is 0.611. The minimum Gasteiger partial charge on any atom is -0.369 e. The molecule has 2 saturated heterocycles. The third-order valence-corrected chi connectivity index (χ3v) is 5.32. The van der Waals surface area contributed by atoms with Gasteiger partial charge in [0.2, 0.25) is 5.91 Å². The molecule has 2 heterocycles. The number of piperidine rings is 1. The fourth-order valence-corrected chi connectivity index (χ4v) is 3.94. The minimum atomic E-state index is 0.222. The summed E-state index contributed by atoms with van der Waals surface area (Å²) in [5.74, 6) is 0.222. The van der Waals surface area contributed by atoms with Gasteiger partial charge in [-0.15, -0.1) is 0 Å². The molecule has 2 aliphatic heterocycles. The van der Waals surface area contributed by atoms with Gasteiger partial charge in [0.25, 0.3) is 0 Å². The first-order valence-electron chi connectivity index (χ1n) is 8.84. The van der Waals surface area contributed by atoms with Crippen molar-refractivity contribution in [2.45, 2.75) is 18.9 Å². The highest BCUT2D eigenvalue weighted by atomic mass is 35.5. The zero-order chi connectivity index (χ0) is 16.9. The Morgan fingerprint density at radius 1 is 1.25 bits per heavy atom. The second kappa shape index (κ2) is 8.19. The molecule has 0 aromatic heterocycles. The molecule has 3 rings (SSSR count). The van der Waals surface area contributed by atoms with Crippen LogP contribution in [0.15, 0.2) is 24.3 Å². The summed E-state index contributed by atoms with van der Waals surface area (Å²) in [7, 11) is 1.83. The van der Waals surface area contributed by atoms with E-state index in [2.05, 4.69) is 21.2 Å². The minimum absolute atomic E-state index is 0.222. The zero-order valence-electron chi connectivity index (χ0n) is 14.4. The first kappa shape index (κ1) is 17.5. The van der Waals surface area contributed by atoms with Gasteiger partial charge in [-0.05, 0) is 38.1 Å². The number of piperazine rings is 1. The number of hydrogen-bond donors (Lipinski definition) is 1. The van der Waals surface area contributed by atoms with E-state index in [1.54, 1.807) is 0 Å². The molecule has 24 heavy (non-hydrogen) atoms. The number of carbonyl (C=O) groups is 1. The molecule has 132 valence electrons. The Bertz CT molecular complexity index is 560. The highest BCUT2D eigenvalue weighted by molar-refractivity contribution is 6.30. The van der Waals surface area contributed by atoms with E-state index < -0.39 is 0 Å². The lowest BCUT2D eigenvalue weighted by Crippen LogP contribution is -2.56. The van der Waals surface area contributed by atoms with Crippen molar-refractivity contribution in [3.63, 3.8) is 0 Å². The molecular weight excluding hydrogens is 324 g/mol. The number of hydrogen-bond acceptors (Lipinski definition) is 4. The second-order valence-electron chi connectivity index (χ2n) is 6.67. The number of rotatable bonds is 4. The third-order valence-electron chi connectivity index (χ3n) is 5.08. The van der Waals surface area contributed by atoms with Crippen molar-refractivity contribution in [2.24, 2.45) is 0 Å². The Morgan fingerprint density at radius 3 is 2.75 bits per heavy atom.